The number of aryl methyl sites for hydroxylation is 1. The first-order valence-corrected chi connectivity index (χ1v) is 6.00. The SMILES string of the molecule is CCCc1ccc(OCCCC(=O)Cl)cc1. The molecule has 88 valence electrons. The van der Waals surface area contributed by atoms with Crippen LogP contribution in [0.4, 0.5) is 0 Å². The molecule has 0 amide bonds. The predicted molar refractivity (Wildman–Crippen MR) is 66.0 cm³/mol. The normalized spacial score (nSPS) is 10.1. The average molecular weight is 241 g/mol. The number of halogens is 1. The second kappa shape index (κ2) is 7.29. The molecule has 0 fully saturated rings. The summed E-state index contributed by atoms with van der Waals surface area (Å²) >= 11 is 5.22. The van der Waals surface area contributed by atoms with E-state index in [2.05, 4.69) is 19.1 Å². The zero-order chi connectivity index (χ0) is 11.8. The van der Waals surface area contributed by atoms with Gasteiger partial charge in [-0.2, -0.15) is 0 Å². The van der Waals surface area contributed by atoms with E-state index < -0.39 is 0 Å². The minimum absolute atomic E-state index is 0.304. The number of hydrogen-bond acceptors (Lipinski definition) is 2. The number of ether oxygens (including phenoxy) is 1. The zero-order valence-corrected chi connectivity index (χ0v) is 10.3. The van der Waals surface area contributed by atoms with Crippen molar-refractivity contribution in [2.45, 2.75) is 32.6 Å². The maximum atomic E-state index is 10.5. The Balaban J connectivity index is 2.29. The standard InChI is InChI=1S/C13H17ClO2/c1-2-4-11-6-8-12(9-7-11)16-10-3-5-13(14)15/h6-9H,2-5,10H2,1H3. The molecule has 0 aliphatic heterocycles. The van der Waals surface area contributed by atoms with Gasteiger partial charge in [-0.25, -0.2) is 0 Å². The molecule has 16 heavy (non-hydrogen) atoms. The van der Waals surface area contributed by atoms with Crippen molar-refractivity contribution in [2.24, 2.45) is 0 Å². The van der Waals surface area contributed by atoms with Gasteiger partial charge in [-0.1, -0.05) is 25.5 Å². The minimum atomic E-state index is -0.304. The lowest BCUT2D eigenvalue weighted by Gasteiger charge is -2.06. The van der Waals surface area contributed by atoms with Crippen LogP contribution in [0.3, 0.4) is 0 Å². The molecule has 0 atom stereocenters. The molecule has 1 aromatic rings. The largest absolute Gasteiger partial charge is 0.494 e. The monoisotopic (exact) mass is 240 g/mol. The molecule has 0 spiro atoms. The minimum Gasteiger partial charge on any atom is -0.494 e. The van der Waals surface area contributed by atoms with Crippen LogP contribution in [0.5, 0.6) is 5.75 Å². The van der Waals surface area contributed by atoms with E-state index in [4.69, 9.17) is 16.3 Å². The van der Waals surface area contributed by atoms with Gasteiger partial charge in [0.1, 0.15) is 5.75 Å². The van der Waals surface area contributed by atoms with E-state index in [1.54, 1.807) is 0 Å². The van der Waals surface area contributed by atoms with Gasteiger partial charge in [-0.15, -0.1) is 0 Å². The molecule has 0 unspecified atom stereocenters. The fourth-order valence-corrected chi connectivity index (χ4v) is 1.58. The highest BCUT2D eigenvalue weighted by molar-refractivity contribution is 6.63. The highest BCUT2D eigenvalue weighted by Crippen LogP contribution is 2.13. The quantitative estimate of drug-likeness (QED) is 0.538. The van der Waals surface area contributed by atoms with Crippen LogP contribution in [0.15, 0.2) is 24.3 Å². The van der Waals surface area contributed by atoms with Crippen LogP contribution in [-0.4, -0.2) is 11.8 Å². The van der Waals surface area contributed by atoms with Gasteiger partial charge in [0.25, 0.3) is 0 Å². The molecule has 0 heterocycles. The summed E-state index contributed by atoms with van der Waals surface area (Å²) in [6.45, 7) is 2.69. The van der Waals surface area contributed by atoms with Crippen LogP contribution in [0.2, 0.25) is 0 Å². The third-order valence-electron chi connectivity index (χ3n) is 2.25. The Bertz CT molecular complexity index is 319. The van der Waals surface area contributed by atoms with Gasteiger partial charge in [0.15, 0.2) is 0 Å². The maximum absolute atomic E-state index is 10.5. The highest BCUT2D eigenvalue weighted by atomic mass is 35.5. The van der Waals surface area contributed by atoms with Crippen LogP contribution in [0.1, 0.15) is 31.7 Å². The highest BCUT2D eigenvalue weighted by Gasteiger charge is 1.98. The van der Waals surface area contributed by atoms with Crippen molar-refractivity contribution in [1.82, 2.24) is 0 Å². The fourth-order valence-electron chi connectivity index (χ4n) is 1.44. The van der Waals surface area contributed by atoms with Gasteiger partial charge < -0.3 is 4.74 Å². The second-order valence-electron chi connectivity index (χ2n) is 3.70. The molecule has 0 aliphatic carbocycles. The second-order valence-corrected chi connectivity index (χ2v) is 4.12. The van der Waals surface area contributed by atoms with Crippen molar-refractivity contribution < 1.29 is 9.53 Å². The van der Waals surface area contributed by atoms with Crippen LogP contribution >= 0.6 is 11.6 Å². The molecule has 2 nitrogen and oxygen atoms in total. The van der Waals surface area contributed by atoms with Crippen molar-refractivity contribution >= 4 is 16.8 Å². The molecule has 0 saturated heterocycles. The number of hydrogen-bond donors (Lipinski definition) is 0. The van der Waals surface area contributed by atoms with Gasteiger partial charge in [0.2, 0.25) is 5.24 Å². The van der Waals surface area contributed by atoms with Crippen molar-refractivity contribution in [3.8, 4) is 5.75 Å². The van der Waals surface area contributed by atoms with Crippen molar-refractivity contribution in [2.75, 3.05) is 6.61 Å². The summed E-state index contributed by atoms with van der Waals surface area (Å²) in [7, 11) is 0. The molecule has 0 N–H and O–H groups in total. The summed E-state index contributed by atoms with van der Waals surface area (Å²) in [5.41, 5.74) is 1.32. The Labute approximate surface area is 102 Å². The summed E-state index contributed by atoms with van der Waals surface area (Å²) in [6, 6.07) is 8.08. The third-order valence-corrected chi connectivity index (χ3v) is 2.44. The average Bonchev–Trinajstić information content (AvgIpc) is 2.27. The molecule has 0 aliphatic rings. The van der Waals surface area contributed by atoms with Crippen LogP contribution in [0, 0.1) is 0 Å². The van der Waals surface area contributed by atoms with Crippen LogP contribution in [0.25, 0.3) is 0 Å². The number of carbonyl (C=O) groups is 1. The molecular formula is C13H17ClO2. The summed E-state index contributed by atoms with van der Waals surface area (Å²) < 4.78 is 5.48. The van der Waals surface area contributed by atoms with Gasteiger partial charge in [0, 0.05) is 6.42 Å². The molecule has 0 bridgehead atoms. The van der Waals surface area contributed by atoms with Crippen molar-refractivity contribution in [3.63, 3.8) is 0 Å². The molecular weight excluding hydrogens is 224 g/mol. The molecule has 1 rings (SSSR count). The number of benzene rings is 1. The first kappa shape index (κ1) is 13.0. The van der Waals surface area contributed by atoms with Gasteiger partial charge in [-0.05, 0) is 42.1 Å². The van der Waals surface area contributed by atoms with E-state index in [0.717, 1.165) is 18.6 Å². The lowest BCUT2D eigenvalue weighted by Crippen LogP contribution is -1.99. The van der Waals surface area contributed by atoms with E-state index in [-0.39, 0.29) is 5.24 Å². The van der Waals surface area contributed by atoms with Crippen LogP contribution in [-0.2, 0) is 11.2 Å². The maximum Gasteiger partial charge on any atom is 0.221 e. The summed E-state index contributed by atoms with van der Waals surface area (Å²) in [5, 5.41) is -0.304. The smallest absolute Gasteiger partial charge is 0.221 e. The fraction of sp³-hybridized carbons (Fsp3) is 0.462. The summed E-state index contributed by atoms with van der Waals surface area (Å²) in [6.07, 6.45) is 3.29. The number of carbonyl (C=O) groups excluding carboxylic acids is 1. The Morgan fingerprint density at radius 2 is 2.00 bits per heavy atom. The molecule has 0 radical (unpaired) electrons. The lowest BCUT2D eigenvalue weighted by atomic mass is 10.1. The Morgan fingerprint density at radius 3 is 2.56 bits per heavy atom. The first-order valence-electron chi connectivity index (χ1n) is 5.62. The first-order chi connectivity index (χ1) is 7.72. The van der Waals surface area contributed by atoms with Crippen molar-refractivity contribution in [3.05, 3.63) is 29.8 Å². The Morgan fingerprint density at radius 1 is 1.31 bits per heavy atom. The summed E-state index contributed by atoms with van der Waals surface area (Å²) in [5.74, 6) is 0.849. The predicted octanol–water partition coefficient (Wildman–Crippen LogP) is 3.56. The van der Waals surface area contributed by atoms with Crippen LogP contribution < -0.4 is 4.74 Å². The van der Waals surface area contributed by atoms with Gasteiger partial charge >= 0.3 is 0 Å². The number of rotatable bonds is 7. The van der Waals surface area contributed by atoms with Gasteiger partial charge in [0.05, 0.1) is 6.61 Å². The van der Waals surface area contributed by atoms with E-state index in [1.165, 1.54) is 5.56 Å². The Kier molecular flexibility index (Phi) is 5.94. The van der Waals surface area contributed by atoms with E-state index >= 15 is 0 Å². The Hall–Kier alpha value is -1.02. The molecule has 3 heteroatoms. The van der Waals surface area contributed by atoms with E-state index in [1.807, 2.05) is 12.1 Å². The molecule has 1 aromatic carbocycles. The van der Waals surface area contributed by atoms with Gasteiger partial charge in [-0.3, -0.25) is 4.79 Å². The lowest BCUT2D eigenvalue weighted by molar-refractivity contribution is -0.111. The van der Waals surface area contributed by atoms with E-state index in [0.29, 0.717) is 19.4 Å². The van der Waals surface area contributed by atoms with Crippen molar-refractivity contribution in [1.29, 1.82) is 0 Å². The third kappa shape index (κ3) is 5.17. The van der Waals surface area contributed by atoms with E-state index in [9.17, 15) is 4.79 Å². The topological polar surface area (TPSA) is 26.3 Å². The zero-order valence-electron chi connectivity index (χ0n) is 9.54. The summed E-state index contributed by atoms with van der Waals surface area (Å²) in [4.78, 5) is 10.5. The molecule has 0 saturated carbocycles. The molecule has 0 aromatic heterocycles.